The van der Waals surface area contributed by atoms with Gasteiger partial charge in [-0.1, -0.05) is 35.5 Å². The Labute approximate surface area is 129 Å². The molecule has 0 unspecified atom stereocenters. The topological polar surface area (TPSA) is 42.0 Å². The Hall–Kier alpha value is -2.07. The molecule has 1 N–H and O–H groups in total. The molecule has 1 aromatic carbocycles. The van der Waals surface area contributed by atoms with Gasteiger partial charge >= 0.3 is 0 Å². The highest BCUT2D eigenvalue weighted by molar-refractivity contribution is 7.99. The van der Waals surface area contributed by atoms with Crippen molar-refractivity contribution in [2.45, 2.75) is 23.8 Å². The van der Waals surface area contributed by atoms with Gasteiger partial charge in [0.25, 0.3) is 5.91 Å². The van der Waals surface area contributed by atoms with E-state index in [1.54, 1.807) is 24.4 Å². The van der Waals surface area contributed by atoms with Gasteiger partial charge in [-0.15, -0.1) is 6.58 Å². The van der Waals surface area contributed by atoms with E-state index in [2.05, 4.69) is 48.9 Å². The molecule has 0 saturated heterocycles. The summed E-state index contributed by atoms with van der Waals surface area (Å²) >= 11 is 1.51. The maximum absolute atomic E-state index is 12.1. The fourth-order valence-electron chi connectivity index (χ4n) is 1.92. The van der Waals surface area contributed by atoms with Crippen molar-refractivity contribution in [2.24, 2.45) is 0 Å². The normalized spacial score (nSPS) is 10.2. The number of rotatable bonds is 5. The van der Waals surface area contributed by atoms with Crippen LogP contribution in [-0.2, 0) is 0 Å². The monoisotopic (exact) mass is 298 g/mol. The number of carbonyl (C=O) groups is 1. The second-order valence-electron chi connectivity index (χ2n) is 4.73. The van der Waals surface area contributed by atoms with E-state index >= 15 is 0 Å². The van der Waals surface area contributed by atoms with Crippen LogP contribution >= 0.6 is 11.8 Å². The van der Waals surface area contributed by atoms with Gasteiger partial charge in [0, 0.05) is 17.6 Å². The summed E-state index contributed by atoms with van der Waals surface area (Å²) in [6.07, 6.45) is 3.36. The van der Waals surface area contributed by atoms with E-state index in [-0.39, 0.29) is 5.91 Å². The second-order valence-corrected chi connectivity index (χ2v) is 5.76. The van der Waals surface area contributed by atoms with Crippen molar-refractivity contribution in [2.75, 3.05) is 6.54 Å². The smallest absolute Gasteiger partial charge is 0.254 e. The van der Waals surface area contributed by atoms with Gasteiger partial charge in [-0.2, -0.15) is 0 Å². The van der Waals surface area contributed by atoms with Crippen LogP contribution in [0, 0.1) is 13.8 Å². The fourth-order valence-corrected chi connectivity index (χ4v) is 2.87. The Kier molecular flexibility index (Phi) is 5.17. The van der Waals surface area contributed by atoms with Crippen LogP contribution in [-0.4, -0.2) is 17.4 Å². The summed E-state index contributed by atoms with van der Waals surface area (Å²) in [6.45, 7) is 8.18. The summed E-state index contributed by atoms with van der Waals surface area (Å²) in [4.78, 5) is 17.6. The number of carbonyl (C=O) groups excluding carboxylic acids is 1. The minimum absolute atomic E-state index is 0.129. The van der Waals surface area contributed by atoms with Crippen LogP contribution in [0.1, 0.15) is 21.5 Å². The lowest BCUT2D eigenvalue weighted by Gasteiger charge is -2.10. The van der Waals surface area contributed by atoms with Crippen LogP contribution in [0.3, 0.4) is 0 Å². The molecule has 3 nitrogen and oxygen atoms in total. The molecule has 2 rings (SSSR count). The molecule has 1 aromatic heterocycles. The number of aryl methyl sites for hydroxylation is 2. The number of pyridine rings is 1. The Morgan fingerprint density at radius 1 is 1.38 bits per heavy atom. The van der Waals surface area contributed by atoms with Crippen molar-refractivity contribution >= 4 is 17.7 Å². The first-order valence-corrected chi connectivity index (χ1v) is 7.52. The number of aromatic nitrogens is 1. The molecule has 0 fully saturated rings. The molecule has 21 heavy (non-hydrogen) atoms. The molecule has 0 atom stereocenters. The molecule has 108 valence electrons. The molecule has 0 bridgehead atoms. The lowest BCUT2D eigenvalue weighted by atomic mass is 10.2. The molecule has 0 aliphatic heterocycles. The van der Waals surface area contributed by atoms with Crippen LogP contribution in [0.25, 0.3) is 0 Å². The Morgan fingerprint density at radius 3 is 2.90 bits per heavy atom. The van der Waals surface area contributed by atoms with Gasteiger partial charge in [-0.25, -0.2) is 4.98 Å². The minimum atomic E-state index is -0.129. The quantitative estimate of drug-likeness (QED) is 0.854. The van der Waals surface area contributed by atoms with E-state index < -0.39 is 0 Å². The molecule has 0 radical (unpaired) electrons. The predicted octanol–water partition coefficient (Wildman–Crippen LogP) is 3.77. The van der Waals surface area contributed by atoms with Crippen molar-refractivity contribution in [1.29, 1.82) is 0 Å². The van der Waals surface area contributed by atoms with E-state index in [1.165, 1.54) is 22.9 Å². The largest absolute Gasteiger partial charge is 0.348 e. The number of nitrogens with one attached hydrogen (secondary N) is 1. The van der Waals surface area contributed by atoms with E-state index in [0.717, 1.165) is 4.90 Å². The van der Waals surface area contributed by atoms with Gasteiger partial charge in [0.05, 0.1) is 5.56 Å². The van der Waals surface area contributed by atoms with Crippen molar-refractivity contribution in [3.63, 3.8) is 0 Å². The Bertz CT molecular complexity index is 668. The molecule has 0 saturated carbocycles. The summed E-state index contributed by atoms with van der Waals surface area (Å²) in [5, 5.41) is 3.50. The zero-order chi connectivity index (χ0) is 15.2. The molecule has 0 aliphatic carbocycles. The molecule has 1 amide bonds. The number of amides is 1. The number of nitrogens with zero attached hydrogens (tertiary/aromatic N) is 1. The maximum atomic E-state index is 12.1. The lowest BCUT2D eigenvalue weighted by Crippen LogP contribution is -2.24. The average molecular weight is 298 g/mol. The van der Waals surface area contributed by atoms with Gasteiger partial charge in [0.2, 0.25) is 0 Å². The van der Waals surface area contributed by atoms with Gasteiger partial charge in [-0.05, 0) is 37.6 Å². The molecular weight excluding hydrogens is 280 g/mol. The number of benzene rings is 1. The van der Waals surface area contributed by atoms with Gasteiger partial charge in [-0.3, -0.25) is 4.79 Å². The standard InChI is InChI=1S/C17H18N2OS/c1-4-9-18-16(20)14-6-5-10-19-17(14)21-15-8-7-12(2)11-13(15)3/h4-8,10-11H,1,9H2,2-3H3,(H,18,20). The summed E-state index contributed by atoms with van der Waals surface area (Å²) in [6, 6.07) is 9.82. The van der Waals surface area contributed by atoms with Crippen LogP contribution < -0.4 is 5.32 Å². The van der Waals surface area contributed by atoms with E-state index in [9.17, 15) is 4.79 Å². The van der Waals surface area contributed by atoms with Gasteiger partial charge in [0.1, 0.15) is 5.03 Å². The molecular formula is C17H18N2OS. The van der Waals surface area contributed by atoms with Crippen molar-refractivity contribution in [3.8, 4) is 0 Å². The van der Waals surface area contributed by atoms with Gasteiger partial charge < -0.3 is 5.32 Å². The summed E-state index contributed by atoms with van der Waals surface area (Å²) in [5.41, 5.74) is 2.99. The van der Waals surface area contributed by atoms with Crippen molar-refractivity contribution in [1.82, 2.24) is 10.3 Å². The maximum Gasteiger partial charge on any atom is 0.254 e. The Morgan fingerprint density at radius 2 is 2.19 bits per heavy atom. The van der Waals surface area contributed by atoms with Crippen LogP contribution in [0.5, 0.6) is 0 Å². The Balaban J connectivity index is 2.27. The highest BCUT2D eigenvalue weighted by Crippen LogP contribution is 2.31. The first-order chi connectivity index (χ1) is 10.1. The highest BCUT2D eigenvalue weighted by Gasteiger charge is 2.13. The zero-order valence-corrected chi connectivity index (χ0v) is 13.0. The molecule has 2 aromatic rings. The molecule has 1 heterocycles. The van der Waals surface area contributed by atoms with Crippen molar-refractivity contribution < 1.29 is 4.79 Å². The van der Waals surface area contributed by atoms with E-state index in [1.807, 2.05) is 0 Å². The van der Waals surface area contributed by atoms with Crippen LogP contribution in [0.2, 0.25) is 0 Å². The minimum Gasteiger partial charge on any atom is -0.348 e. The zero-order valence-electron chi connectivity index (χ0n) is 12.2. The lowest BCUT2D eigenvalue weighted by molar-refractivity contribution is 0.0954. The molecule has 4 heteroatoms. The second kappa shape index (κ2) is 7.09. The van der Waals surface area contributed by atoms with Crippen LogP contribution in [0.4, 0.5) is 0 Å². The summed E-state index contributed by atoms with van der Waals surface area (Å²) in [5.74, 6) is -0.129. The first-order valence-electron chi connectivity index (χ1n) is 6.71. The molecule has 0 aliphatic rings. The predicted molar refractivity (Wildman–Crippen MR) is 86.8 cm³/mol. The van der Waals surface area contributed by atoms with E-state index in [0.29, 0.717) is 17.1 Å². The average Bonchev–Trinajstić information content (AvgIpc) is 2.48. The SMILES string of the molecule is C=CCNC(=O)c1cccnc1Sc1ccc(C)cc1C. The fraction of sp³-hybridized carbons (Fsp3) is 0.176. The third-order valence-corrected chi connectivity index (χ3v) is 4.16. The first kappa shape index (κ1) is 15.3. The van der Waals surface area contributed by atoms with Crippen LogP contribution in [0.15, 0.2) is 59.1 Å². The van der Waals surface area contributed by atoms with E-state index in [4.69, 9.17) is 0 Å². The number of hydrogen-bond acceptors (Lipinski definition) is 3. The summed E-state index contributed by atoms with van der Waals surface area (Å²) < 4.78 is 0. The highest BCUT2D eigenvalue weighted by atomic mass is 32.2. The van der Waals surface area contributed by atoms with Gasteiger partial charge in [0.15, 0.2) is 0 Å². The third kappa shape index (κ3) is 3.95. The summed E-state index contributed by atoms with van der Waals surface area (Å²) in [7, 11) is 0. The molecule has 0 spiro atoms. The third-order valence-electron chi connectivity index (χ3n) is 2.96. The number of hydrogen-bond donors (Lipinski definition) is 1. The van der Waals surface area contributed by atoms with Crippen molar-refractivity contribution in [3.05, 3.63) is 65.9 Å².